The molecule has 0 amide bonds. The van der Waals surface area contributed by atoms with Gasteiger partial charge in [0.05, 0.1) is 37.4 Å². The quantitative estimate of drug-likeness (QED) is 0.164. The minimum Gasteiger partial charge on any atom is -0.487 e. The Hall–Kier alpha value is -3.79. The number of hydrogen-bond donors (Lipinski definition) is 0. The Bertz CT molecular complexity index is 2100. The molecule has 0 unspecified atom stereocenters. The van der Waals surface area contributed by atoms with E-state index in [1.807, 2.05) is 67.6 Å². The highest BCUT2D eigenvalue weighted by molar-refractivity contribution is 9.11. The molecule has 4 aromatic carbocycles. The Morgan fingerprint density at radius 1 is 1.00 bits per heavy atom. The maximum absolute atomic E-state index is 14.0. The number of carbonyl (C=O) groups excluding carboxylic acids is 1. The molecule has 44 heavy (non-hydrogen) atoms. The van der Waals surface area contributed by atoms with E-state index in [1.54, 1.807) is 18.4 Å². The molecule has 6 rings (SSSR count). The van der Waals surface area contributed by atoms with Crippen LogP contribution in [0.4, 0.5) is 0 Å². The number of hydrogen-bond acceptors (Lipinski definition) is 6. The maximum Gasteiger partial charge on any atom is 0.338 e. The van der Waals surface area contributed by atoms with Gasteiger partial charge in [-0.1, -0.05) is 83.6 Å². The third kappa shape index (κ3) is 5.84. The van der Waals surface area contributed by atoms with Crippen molar-refractivity contribution in [3.63, 3.8) is 0 Å². The van der Waals surface area contributed by atoms with Crippen LogP contribution in [0.15, 0.2) is 109 Å². The molecule has 0 N–H and O–H groups in total. The van der Waals surface area contributed by atoms with Gasteiger partial charge in [0.1, 0.15) is 12.4 Å². The topological polar surface area (TPSA) is 69.9 Å². The van der Waals surface area contributed by atoms with Crippen molar-refractivity contribution >= 4 is 66.0 Å². The van der Waals surface area contributed by atoms with Crippen LogP contribution in [0.1, 0.15) is 42.1 Å². The van der Waals surface area contributed by atoms with Gasteiger partial charge < -0.3 is 9.47 Å². The molecule has 9 heteroatoms. The van der Waals surface area contributed by atoms with Gasteiger partial charge in [0.25, 0.3) is 5.56 Å². The van der Waals surface area contributed by atoms with Crippen LogP contribution in [-0.2, 0) is 16.1 Å². The zero-order valence-electron chi connectivity index (χ0n) is 24.3. The van der Waals surface area contributed by atoms with Gasteiger partial charge in [-0.05, 0) is 98.3 Å². The van der Waals surface area contributed by atoms with E-state index in [4.69, 9.17) is 9.47 Å². The highest BCUT2D eigenvalue weighted by Crippen LogP contribution is 2.36. The number of ether oxygens (including phenoxy) is 2. The summed E-state index contributed by atoms with van der Waals surface area (Å²) in [5.74, 6) is 0.200. The number of nitrogens with zero attached hydrogens (tertiary/aromatic N) is 2. The van der Waals surface area contributed by atoms with Gasteiger partial charge in [0, 0.05) is 0 Å². The second-order valence-electron chi connectivity index (χ2n) is 10.5. The Morgan fingerprint density at radius 3 is 2.43 bits per heavy atom. The van der Waals surface area contributed by atoms with Crippen molar-refractivity contribution in [1.29, 1.82) is 0 Å². The summed E-state index contributed by atoms with van der Waals surface area (Å²) in [6.45, 7) is 6.18. The molecule has 0 aliphatic carbocycles. The molecule has 0 radical (unpaired) electrons. The fourth-order valence-electron chi connectivity index (χ4n) is 5.38. The predicted octanol–water partition coefficient (Wildman–Crippen LogP) is 7.36. The average Bonchev–Trinajstić information content (AvgIpc) is 3.30. The van der Waals surface area contributed by atoms with Crippen LogP contribution in [0, 0.1) is 6.92 Å². The van der Waals surface area contributed by atoms with Crippen molar-refractivity contribution in [3.8, 4) is 5.75 Å². The lowest BCUT2D eigenvalue weighted by atomic mass is 9.95. The van der Waals surface area contributed by atoms with Crippen LogP contribution < -0.4 is 19.6 Å². The summed E-state index contributed by atoms with van der Waals surface area (Å²) in [4.78, 5) is 32.3. The number of esters is 1. The highest BCUT2D eigenvalue weighted by atomic mass is 79.9. The molecular weight excluding hydrogens is 704 g/mol. The molecule has 0 saturated heterocycles. The Labute approximate surface area is 275 Å². The van der Waals surface area contributed by atoms with E-state index >= 15 is 0 Å². The zero-order valence-corrected chi connectivity index (χ0v) is 28.3. The van der Waals surface area contributed by atoms with Gasteiger partial charge in [-0.25, -0.2) is 9.79 Å². The number of halogens is 2. The molecule has 1 aromatic heterocycles. The fourth-order valence-corrected chi connectivity index (χ4v) is 7.87. The SMILES string of the molecule is CCOC(=O)C1=C(C)N=c2s/c(=C/c3cc(Br)c(OCc4cccc5ccccc45)c(Br)c3)c(=O)n2[C@@H]1c1ccc(C)cc1. The van der Waals surface area contributed by atoms with Crippen molar-refractivity contribution < 1.29 is 14.3 Å². The van der Waals surface area contributed by atoms with Crippen LogP contribution in [0.5, 0.6) is 5.75 Å². The summed E-state index contributed by atoms with van der Waals surface area (Å²) in [7, 11) is 0. The first-order valence-electron chi connectivity index (χ1n) is 14.1. The zero-order chi connectivity index (χ0) is 31.0. The lowest BCUT2D eigenvalue weighted by Crippen LogP contribution is -2.39. The van der Waals surface area contributed by atoms with Crippen LogP contribution in [-0.4, -0.2) is 17.1 Å². The van der Waals surface area contributed by atoms with Crippen LogP contribution >= 0.6 is 43.2 Å². The monoisotopic (exact) mass is 730 g/mol. The number of allylic oxidation sites excluding steroid dienone is 1. The molecule has 1 aliphatic rings. The summed E-state index contributed by atoms with van der Waals surface area (Å²) < 4.78 is 15.3. The van der Waals surface area contributed by atoms with Crippen molar-refractivity contribution in [2.75, 3.05) is 6.61 Å². The molecule has 1 atom stereocenters. The van der Waals surface area contributed by atoms with Gasteiger partial charge >= 0.3 is 5.97 Å². The van der Waals surface area contributed by atoms with E-state index in [0.29, 0.717) is 33.0 Å². The first kappa shape index (κ1) is 30.2. The first-order valence-corrected chi connectivity index (χ1v) is 16.5. The lowest BCUT2D eigenvalue weighted by molar-refractivity contribution is -0.139. The molecule has 0 saturated carbocycles. The summed E-state index contributed by atoms with van der Waals surface area (Å²) >= 11 is 8.64. The fraction of sp³-hybridized carbons (Fsp3) is 0.171. The number of aromatic nitrogens is 1. The number of aryl methyl sites for hydroxylation is 1. The molecule has 0 spiro atoms. The molecule has 6 nitrogen and oxygen atoms in total. The van der Waals surface area contributed by atoms with Crippen molar-refractivity contribution in [2.24, 2.45) is 4.99 Å². The number of carbonyl (C=O) groups is 1. The van der Waals surface area contributed by atoms with Crippen LogP contribution in [0.2, 0.25) is 0 Å². The Balaban J connectivity index is 1.37. The molecule has 5 aromatic rings. The number of benzene rings is 4. The summed E-state index contributed by atoms with van der Waals surface area (Å²) in [6.07, 6.45) is 1.84. The third-order valence-corrected chi connectivity index (χ3v) is 9.64. The van der Waals surface area contributed by atoms with Crippen molar-refractivity contribution in [1.82, 2.24) is 4.57 Å². The van der Waals surface area contributed by atoms with Gasteiger partial charge in [-0.2, -0.15) is 0 Å². The van der Waals surface area contributed by atoms with Gasteiger partial charge in [0.2, 0.25) is 0 Å². The van der Waals surface area contributed by atoms with E-state index in [2.05, 4.69) is 61.1 Å². The second kappa shape index (κ2) is 12.7. The predicted molar refractivity (Wildman–Crippen MR) is 182 cm³/mol. The van der Waals surface area contributed by atoms with Crippen LogP contribution in [0.25, 0.3) is 16.8 Å². The molecule has 1 aliphatic heterocycles. The molecule has 0 fully saturated rings. The number of fused-ring (bicyclic) bond motifs is 2. The van der Waals surface area contributed by atoms with E-state index in [0.717, 1.165) is 42.0 Å². The van der Waals surface area contributed by atoms with E-state index in [9.17, 15) is 9.59 Å². The molecule has 0 bridgehead atoms. The summed E-state index contributed by atoms with van der Waals surface area (Å²) in [6, 6.07) is 25.5. The lowest BCUT2D eigenvalue weighted by Gasteiger charge is -2.24. The van der Waals surface area contributed by atoms with Crippen molar-refractivity contribution in [2.45, 2.75) is 33.4 Å². The van der Waals surface area contributed by atoms with Crippen LogP contribution in [0.3, 0.4) is 0 Å². The summed E-state index contributed by atoms with van der Waals surface area (Å²) in [5, 5.41) is 2.32. The third-order valence-electron chi connectivity index (χ3n) is 7.48. The van der Waals surface area contributed by atoms with Gasteiger partial charge in [-0.15, -0.1) is 0 Å². The molecule has 222 valence electrons. The average molecular weight is 732 g/mol. The Kier molecular flexibility index (Phi) is 8.71. The number of rotatable bonds is 7. The highest BCUT2D eigenvalue weighted by Gasteiger charge is 2.33. The second-order valence-corrected chi connectivity index (χ2v) is 13.2. The van der Waals surface area contributed by atoms with E-state index in [-0.39, 0.29) is 12.2 Å². The molecule has 2 heterocycles. The normalized spacial score (nSPS) is 14.8. The number of thiazole rings is 1. The maximum atomic E-state index is 14.0. The minimum atomic E-state index is -0.642. The minimum absolute atomic E-state index is 0.225. The van der Waals surface area contributed by atoms with E-state index in [1.165, 1.54) is 11.3 Å². The smallest absolute Gasteiger partial charge is 0.338 e. The van der Waals surface area contributed by atoms with Crippen molar-refractivity contribution in [3.05, 3.63) is 141 Å². The molecular formula is C35H28Br2N2O4S. The summed E-state index contributed by atoms with van der Waals surface area (Å²) in [5.41, 5.74) is 4.48. The van der Waals surface area contributed by atoms with Gasteiger partial charge in [0.15, 0.2) is 4.80 Å². The Morgan fingerprint density at radius 2 is 1.70 bits per heavy atom. The largest absolute Gasteiger partial charge is 0.487 e. The van der Waals surface area contributed by atoms with E-state index < -0.39 is 12.0 Å². The first-order chi connectivity index (χ1) is 21.2. The van der Waals surface area contributed by atoms with Gasteiger partial charge in [-0.3, -0.25) is 9.36 Å². The standard InChI is InChI=1S/C35H28Br2N2O4S/c1-4-42-34(41)30-21(3)38-35-39(31(30)24-14-12-20(2)13-15-24)33(40)29(44-35)18-22-16-27(36)32(28(37)17-22)43-19-25-10-7-9-23-8-5-6-11-26(23)25/h5-18,31H,4,19H2,1-3H3/b29-18+/t31-/m1/s1.